The number of aliphatic imine (C=N–C) groups is 1. The van der Waals surface area contributed by atoms with Crippen molar-refractivity contribution < 1.29 is 9.28 Å². The number of amidine groups is 1. The summed E-state index contributed by atoms with van der Waals surface area (Å²) in [6.45, 7) is 10.9. The van der Waals surface area contributed by atoms with E-state index < -0.39 is 0 Å². The molecule has 0 aliphatic carbocycles. The van der Waals surface area contributed by atoms with Crippen molar-refractivity contribution in [3.8, 4) is 0 Å². The molecule has 0 aromatic carbocycles. The molecule has 1 amide bonds. The molecule has 0 fully saturated rings. The molecule has 132 valence electrons. The summed E-state index contributed by atoms with van der Waals surface area (Å²) in [6.07, 6.45) is 13.3. The number of hydrogen-bond donors (Lipinski definition) is 1. The quantitative estimate of drug-likeness (QED) is 0.348. The van der Waals surface area contributed by atoms with Crippen LogP contribution in [0.25, 0.3) is 0 Å². The molecule has 4 nitrogen and oxygen atoms in total. The van der Waals surface area contributed by atoms with Gasteiger partial charge in [-0.2, -0.15) is 0 Å². The van der Waals surface area contributed by atoms with Crippen molar-refractivity contribution in [2.45, 2.75) is 78.8 Å². The summed E-state index contributed by atoms with van der Waals surface area (Å²) in [4.78, 5) is 16.2. The topological polar surface area (TPSA) is 41.5 Å². The van der Waals surface area contributed by atoms with Crippen LogP contribution < -0.4 is 5.32 Å². The Hall–Kier alpha value is -1.16. The van der Waals surface area contributed by atoms with Gasteiger partial charge in [0.25, 0.3) is 0 Å². The minimum absolute atomic E-state index is 0.0517. The second kappa shape index (κ2) is 10.6. The summed E-state index contributed by atoms with van der Waals surface area (Å²) in [6, 6.07) is 0. The summed E-state index contributed by atoms with van der Waals surface area (Å²) in [5.41, 5.74) is 0. The first-order valence-corrected chi connectivity index (χ1v) is 9.35. The van der Waals surface area contributed by atoms with E-state index in [1.54, 1.807) is 6.92 Å². The fourth-order valence-electron chi connectivity index (χ4n) is 3.62. The van der Waals surface area contributed by atoms with Gasteiger partial charge in [0, 0.05) is 20.3 Å². The van der Waals surface area contributed by atoms with Crippen LogP contribution in [-0.4, -0.2) is 42.0 Å². The van der Waals surface area contributed by atoms with Crippen molar-refractivity contribution in [3.05, 3.63) is 12.2 Å². The normalized spacial score (nSPS) is 22.3. The molecule has 0 saturated heterocycles. The van der Waals surface area contributed by atoms with Crippen molar-refractivity contribution in [3.63, 3.8) is 0 Å². The average Bonchev–Trinajstić information content (AvgIpc) is 2.93. The molecule has 0 spiro atoms. The number of amides is 1. The number of rotatable bonds is 11. The molecule has 0 aromatic heterocycles. The molecular weight excluding hydrogens is 286 g/mol. The third kappa shape index (κ3) is 6.09. The van der Waals surface area contributed by atoms with Gasteiger partial charge in [-0.25, -0.2) is 4.99 Å². The Labute approximate surface area is 142 Å². The Bertz CT molecular complexity index is 417. The van der Waals surface area contributed by atoms with Crippen molar-refractivity contribution >= 4 is 11.7 Å². The predicted molar refractivity (Wildman–Crippen MR) is 98.4 cm³/mol. The Morgan fingerprint density at radius 1 is 1.30 bits per heavy atom. The molecular formula is C19H36N3O+. The van der Waals surface area contributed by atoms with E-state index in [0.717, 1.165) is 30.5 Å². The second-order valence-electron chi connectivity index (χ2n) is 6.62. The van der Waals surface area contributed by atoms with Crippen molar-refractivity contribution in [1.82, 2.24) is 5.32 Å². The zero-order valence-corrected chi connectivity index (χ0v) is 15.6. The zero-order valence-electron chi connectivity index (χ0n) is 15.6. The van der Waals surface area contributed by atoms with E-state index in [2.05, 4.69) is 38.2 Å². The maximum absolute atomic E-state index is 11.4. The van der Waals surface area contributed by atoms with E-state index in [9.17, 15) is 4.79 Å². The molecule has 0 bridgehead atoms. The van der Waals surface area contributed by atoms with Gasteiger partial charge in [-0.1, -0.05) is 31.4 Å². The van der Waals surface area contributed by atoms with Crippen LogP contribution >= 0.6 is 0 Å². The van der Waals surface area contributed by atoms with Crippen LogP contribution in [0.5, 0.6) is 0 Å². The van der Waals surface area contributed by atoms with Crippen LogP contribution in [0, 0.1) is 0 Å². The van der Waals surface area contributed by atoms with E-state index in [0.29, 0.717) is 0 Å². The molecule has 2 atom stereocenters. The lowest BCUT2D eigenvalue weighted by Crippen LogP contribution is -2.62. The highest BCUT2D eigenvalue weighted by Gasteiger charge is 2.41. The van der Waals surface area contributed by atoms with Gasteiger partial charge in [0.2, 0.25) is 5.91 Å². The van der Waals surface area contributed by atoms with Crippen molar-refractivity contribution in [2.24, 2.45) is 4.99 Å². The Kier molecular flexibility index (Phi) is 9.15. The summed E-state index contributed by atoms with van der Waals surface area (Å²) < 4.78 is 0.848. The molecule has 23 heavy (non-hydrogen) atoms. The smallest absolute Gasteiger partial charge is 0.221 e. The third-order valence-electron chi connectivity index (χ3n) is 5.03. The fraction of sp³-hybridized carbons (Fsp3) is 0.789. The summed E-state index contributed by atoms with van der Waals surface area (Å²) in [7, 11) is 0. The van der Waals surface area contributed by atoms with Crippen LogP contribution in [0.4, 0.5) is 0 Å². The first kappa shape index (κ1) is 19.9. The predicted octanol–water partition coefficient (Wildman–Crippen LogP) is 4.02. The molecule has 4 heteroatoms. The number of allylic oxidation sites excluding steroid dienone is 2. The first-order chi connectivity index (χ1) is 11.1. The minimum atomic E-state index is 0.0517. The van der Waals surface area contributed by atoms with Crippen LogP contribution in [0.15, 0.2) is 17.1 Å². The van der Waals surface area contributed by atoms with Gasteiger partial charge in [-0.15, -0.1) is 0 Å². The first-order valence-electron chi connectivity index (χ1n) is 9.35. The molecule has 1 rings (SSSR count). The SMILES string of the molecule is C/C=C/CCCCCCCC1=NCC[N+]1(CC)C(C)NC(C)=O. The zero-order chi connectivity index (χ0) is 17.1. The average molecular weight is 323 g/mol. The third-order valence-corrected chi connectivity index (χ3v) is 5.03. The number of carbonyl (C=O) groups excluding carboxylic acids is 1. The standard InChI is InChI=1S/C19H35N3O/c1-5-7-8-9-10-11-12-13-14-19-20-15-16-22(19,6-2)17(3)21-18(4)23/h5,7,17H,6,8-16H2,1-4H3/p+1/b7-5+. The molecule has 1 heterocycles. The Morgan fingerprint density at radius 2 is 2.00 bits per heavy atom. The molecule has 1 aliphatic rings. The van der Waals surface area contributed by atoms with E-state index in [1.165, 1.54) is 44.4 Å². The van der Waals surface area contributed by atoms with E-state index in [-0.39, 0.29) is 12.1 Å². The van der Waals surface area contributed by atoms with Gasteiger partial charge in [-0.05, 0) is 33.1 Å². The molecule has 1 aliphatic heterocycles. The lowest BCUT2D eigenvalue weighted by atomic mass is 10.1. The summed E-state index contributed by atoms with van der Waals surface area (Å²) >= 11 is 0. The number of nitrogens with zero attached hydrogens (tertiary/aromatic N) is 2. The number of hydrogen-bond acceptors (Lipinski definition) is 2. The highest BCUT2D eigenvalue weighted by atomic mass is 16.1. The van der Waals surface area contributed by atoms with Gasteiger partial charge in [0.15, 0.2) is 12.0 Å². The Balaban J connectivity index is 2.38. The Morgan fingerprint density at radius 3 is 2.65 bits per heavy atom. The molecule has 0 radical (unpaired) electrons. The number of likely N-dealkylation sites (N-methyl/N-ethyl adjacent to an activating group) is 1. The second-order valence-corrected chi connectivity index (χ2v) is 6.62. The summed E-state index contributed by atoms with van der Waals surface area (Å²) in [5.74, 6) is 1.35. The van der Waals surface area contributed by atoms with Gasteiger partial charge in [0.05, 0.1) is 13.1 Å². The number of quaternary nitrogens is 1. The molecule has 2 unspecified atom stereocenters. The lowest BCUT2D eigenvalue weighted by Gasteiger charge is -2.39. The van der Waals surface area contributed by atoms with Crippen molar-refractivity contribution in [1.29, 1.82) is 0 Å². The van der Waals surface area contributed by atoms with Crippen molar-refractivity contribution in [2.75, 3.05) is 19.6 Å². The maximum Gasteiger partial charge on any atom is 0.221 e. The minimum Gasteiger partial charge on any atom is -0.307 e. The van der Waals surface area contributed by atoms with Crippen LogP contribution in [-0.2, 0) is 4.79 Å². The number of unbranched alkanes of at least 4 members (excludes halogenated alkanes) is 5. The highest BCUT2D eigenvalue weighted by molar-refractivity contribution is 5.78. The fourth-order valence-corrected chi connectivity index (χ4v) is 3.62. The van der Waals surface area contributed by atoms with E-state index >= 15 is 0 Å². The number of carbonyl (C=O) groups is 1. The largest absolute Gasteiger partial charge is 0.307 e. The summed E-state index contributed by atoms with van der Waals surface area (Å²) in [5, 5.41) is 3.08. The monoisotopic (exact) mass is 322 g/mol. The van der Waals surface area contributed by atoms with Crippen LogP contribution in [0.1, 0.15) is 72.6 Å². The van der Waals surface area contributed by atoms with Crippen LogP contribution in [0.2, 0.25) is 0 Å². The maximum atomic E-state index is 11.4. The highest BCUT2D eigenvalue weighted by Crippen LogP contribution is 2.23. The molecule has 1 N–H and O–H groups in total. The van der Waals surface area contributed by atoms with Gasteiger partial charge < -0.3 is 5.32 Å². The molecule has 0 aromatic rings. The lowest BCUT2D eigenvalue weighted by molar-refractivity contribution is -0.861. The molecule has 0 saturated carbocycles. The van der Waals surface area contributed by atoms with E-state index in [1.807, 2.05) is 0 Å². The van der Waals surface area contributed by atoms with Gasteiger partial charge in [0.1, 0.15) is 6.54 Å². The van der Waals surface area contributed by atoms with Gasteiger partial charge >= 0.3 is 0 Å². The van der Waals surface area contributed by atoms with Gasteiger partial charge in [-0.3, -0.25) is 9.28 Å². The number of nitrogens with one attached hydrogen (secondary N) is 1. The van der Waals surface area contributed by atoms with Crippen LogP contribution in [0.3, 0.4) is 0 Å². The van der Waals surface area contributed by atoms with E-state index in [4.69, 9.17) is 4.99 Å².